The van der Waals surface area contributed by atoms with Crippen LogP contribution in [0.5, 0.6) is 0 Å². The van der Waals surface area contributed by atoms with Gasteiger partial charge in [0.25, 0.3) is 0 Å². The standard InChI is InChI=1S/C9H11N3O4/c13-7-6-11-10-5-1-2-8-3-4-9(16-8)12(14)15/h1-5,11,13H,6-7H2/b2-1-,10-5+. The third kappa shape index (κ3) is 3.93. The minimum atomic E-state index is -0.603. The van der Waals surface area contributed by atoms with Crippen molar-refractivity contribution in [2.75, 3.05) is 13.2 Å². The summed E-state index contributed by atoms with van der Waals surface area (Å²) in [5, 5.41) is 22.4. The van der Waals surface area contributed by atoms with Gasteiger partial charge in [0.2, 0.25) is 0 Å². The lowest BCUT2D eigenvalue weighted by molar-refractivity contribution is -0.402. The highest BCUT2D eigenvalue weighted by Gasteiger charge is 2.09. The highest BCUT2D eigenvalue weighted by molar-refractivity contribution is 5.77. The minimum absolute atomic E-state index is 0.00539. The van der Waals surface area contributed by atoms with Gasteiger partial charge in [0, 0.05) is 6.21 Å². The van der Waals surface area contributed by atoms with Crippen LogP contribution in [0, 0.1) is 10.1 Å². The van der Waals surface area contributed by atoms with E-state index in [2.05, 4.69) is 10.5 Å². The van der Waals surface area contributed by atoms with Gasteiger partial charge in [-0.3, -0.25) is 10.1 Å². The van der Waals surface area contributed by atoms with E-state index in [-0.39, 0.29) is 12.5 Å². The Labute approximate surface area is 91.2 Å². The molecule has 0 fully saturated rings. The van der Waals surface area contributed by atoms with Crippen LogP contribution >= 0.6 is 0 Å². The number of aliphatic hydroxyl groups is 1. The minimum Gasteiger partial charge on any atom is -0.401 e. The lowest BCUT2D eigenvalue weighted by atomic mass is 10.4. The Kier molecular flexibility index (Phi) is 4.74. The molecule has 0 aliphatic heterocycles. The van der Waals surface area contributed by atoms with E-state index in [1.54, 1.807) is 6.08 Å². The van der Waals surface area contributed by atoms with Gasteiger partial charge in [-0.15, -0.1) is 0 Å². The Hall–Kier alpha value is -2.15. The van der Waals surface area contributed by atoms with E-state index >= 15 is 0 Å². The topological polar surface area (TPSA) is 101 Å². The van der Waals surface area contributed by atoms with Crippen molar-refractivity contribution >= 4 is 18.2 Å². The molecule has 0 saturated heterocycles. The van der Waals surface area contributed by atoms with Crippen molar-refractivity contribution in [1.29, 1.82) is 0 Å². The van der Waals surface area contributed by atoms with Gasteiger partial charge >= 0.3 is 5.88 Å². The van der Waals surface area contributed by atoms with Crippen LogP contribution < -0.4 is 5.43 Å². The summed E-state index contributed by atoms with van der Waals surface area (Å²) in [6, 6.07) is 2.77. The van der Waals surface area contributed by atoms with Crippen LogP contribution in [0.25, 0.3) is 6.08 Å². The van der Waals surface area contributed by atoms with Crippen LogP contribution in [0.4, 0.5) is 5.88 Å². The highest BCUT2D eigenvalue weighted by atomic mass is 16.6. The summed E-state index contributed by atoms with van der Waals surface area (Å²) in [7, 11) is 0. The van der Waals surface area contributed by atoms with Crippen molar-refractivity contribution < 1.29 is 14.4 Å². The second-order valence-electron chi connectivity index (χ2n) is 2.70. The molecule has 0 bridgehead atoms. The van der Waals surface area contributed by atoms with Crippen LogP contribution in [0.15, 0.2) is 27.7 Å². The second-order valence-corrected chi connectivity index (χ2v) is 2.70. The maximum absolute atomic E-state index is 10.3. The second kappa shape index (κ2) is 6.36. The van der Waals surface area contributed by atoms with E-state index < -0.39 is 4.92 Å². The molecule has 16 heavy (non-hydrogen) atoms. The van der Waals surface area contributed by atoms with Crippen molar-refractivity contribution in [2.24, 2.45) is 5.10 Å². The lowest BCUT2D eigenvalue weighted by Gasteiger charge is -1.91. The Morgan fingerprint density at radius 2 is 2.44 bits per heavy atom. The Bertz CT molecular complexity index is 397. The average molecular weight is 225 g/mol. The van der Waals surface area contributed by atoms with Gasteiger partial charge < -0.3 is 14.9 Å². The third-order valence-corrected chi connectivity index (χ3v) is 1.53. The zero-order valence-electron chi connectivity index (χ0n) is 8.37. The molecule has 1 aromatic rings. The average Bonchev–Trinajstić information content (AvgIpc) is 2.72. The number of nitro groups is 1. The molecule has 0 spiro atoms. The number of nitrogens with zero attached hydrogens (tertiary/aromatic N) is 2. The summed E-state index contributed by atoms with van der Waals surface area (Å²) in [4.78, 5) is 9.69. The van der Waals surface area contributed by atoms with E-state index in [1.807, 2.05) is 0 Å². The number of hydrogen-bond acceptors (Lipinski definition) is 6. The van der Waals surface area contributed by atoms with Crippen molar-refractivity contribution in [1.82, 2.24) is 5.43 Å². The molecule has 0 aromatic carbocycles. The molecule has 1 rings (SSSR count). The van der Waals surface area contributed by atoms with Gasteiger partial charge in [0.1, 0.15) is 10.7 Å². The van der Waals surface area contributed by atoms with Gasteiger partial charge in [-0.2, -0.15) is 5.10 Å². The first-order valence-electron chi connectivity index (χ1n) is 4.51. The number of aliphatic hydroxyl groups excluding tert-OH is 1. The zero-order valence-corrected chi connectivity index (χ0v) is 8.37. The van der Waals surface area contributed by atoms with Crippen LogP contribution in [0.2, 0.25) is 0 Å². The fourth-order valence-corrected chi connectivity index (χ4v) is 0.878. The van der Waals surface area contributed by atoms with Crippen molar-refractivity contribution in [3.63, 3.8) is 0 Å². The number of furan rings is 1. The molecule has 0 atom stereocenters. The Morgan fingerprint density at radius 1 is 1.62 bits per heavy atom. The summed E-state index contributed by atoms with van der Waals surface area (Å²) >= 11 is 0. The molecule has 0 saturated carbocycles. The zero-order chi connectivity index (χ0) is 11.8. The Balaban J connectivity index is 2.43. The first kappa shape index (κ1) is 11.9. The fourth-order valence-electron chi connectivity index (χ4n) is 0.878. The van der Waals surface area contributed by atoms with E-state index in [4.69, 9.17) is 9.52 Å². The molecule has 86 valence electrons. The molecule has 2 N–H and O–H groups in total. The van der Waals surface area contributed by atoms with Gasteiger partial charge in [-0.1, -0.05) is 0 Å². The molecule has 0 unspecified atom stereocenters. The molecule has 0 amide bonds. The molecule has 1 heterocycles. The smallest absolute Gasteiger partial charge is 0.401 e. The van der Waals surface area contributed by atoms with Gasteiger partial charge in [0.15, 0.2) is 0 Å². The maximum Gasteiger partial charge on any atom is 0.433 e. The van der Waals surface area contributed by atoms with E-state index in [9.17, 15) is 10.1 Å². The number of hydrazone groups is 1. The first-order chi connectivity index (χ1) is 7.74. The van der Waals surface area contributed by atoms with E-state index in [0.29, 0.717) is 12.3 Å². The molecular weight excluding hydrogens is 214 g/mol. The lowest BCUT2D eigenvalue weighted by Crippen LogP contribution is -2.10. The fraction of sp³-hybridized carbons (Fsp3) is 0.222. The molecule has 0 aliphatic carbocycles. The molecule has 0 aliphatic rings. The summed E-state index contributed by atoms with van der Waals surface area (Å²) in [5.41, 5.74) is 2.57. The van der Waals surface area contributed by atoms with Crippen LogP contribution in [-0.2, 0) is 0 Å². The number of nitrogens with one attached hydrogen (secondary N) is 1. The molecule has 0 radical (unpaired) electrons. The van der Waals surface area contributed by atoms with E-state index in [0.717, 1.165) is 0 Å². The SMILES string of the molecule is O=[N+]([O-])c1ccc(/C=C\C=N\NCCO)o1. The number of rotatable bonds is 6. The van der Waals surface area contributed by atoms with Gasteiger partial charge in [0.05, 0.1) is 19.2 Å². The van der Waals surface area contributed by atoms with Crippen molar-refractivity contribution in [2.45, 2.75) is 0 Å². The largest absolute Gasteiger partial charge is 0.433 e. The van der Waals surface area contributed by atoms with Crippen LogP contribution in [-0.4, -0.2) is 29.4 Å². The number of allylic oxidation sites excluding steroid dienone is 1. The Morgan fingerprint density at radius 3 is 3.06 bits per heavy atom. The van der Waals surface area contributed by atoms with Crippen molar-refractivity contribution in [3.8, 4) is 0 Å². The first-order valence-corrected chi connectivity index (χ1v) is 4.51. The summed E-state index contributed by atoms with van der Waals surface area (Å²) < 4.78 is 4.86. The predicted octanol–water partition coefficient (Wildman–Crippen LogP) is 0.769. The van der Waals surface area contributed by atoms with Crippen molar-refractivity contribution in [3.05, 3.63) is 34.1 Å². The molecule has 1 aromatic heterocycles. The predicted molar refractivity (Wildman–Crippen MR) is 58.0 cm³/mol. The van der Waals surface area contributed by atoms with Crippen LogP contribution in [0.3, 0.4) is 0 Å². The summed E-state index contributed by atoms with van der Waals surface area (Å²) in [6.07, 6.45) is 4.55. The van der Waals surface area contributed by atoms with Crippen LogP contribution in [0.1, 0.15) is 5.76 Å². The monoisotopic (exact) mass is 225 g/mol. The number of hydrogen-bond donors (Lipinski definition) is 2. The highest BCUT2D eigenvalue weighted by Crippen LogP contribution is 2.16. The van der Waals surface area contributed by atoms with Gasteiger partial charge in [-0.25, -0.2) is 0 Å². The third-order valence-electron chi connectivity index (χ3n) is 1.53. The summed E-state index contributed by atoms with van der Waals surface area (Å²) in [5.74, 6) is 0.0790. The van der Waals surface area contributed by atoms with Gasteiger partial charge in [-0.05, 0) is 18.2 Å². The summed E-state index contributed by atoms with van der Waals surface area (Å²) in [6.45, 7) is 0.377. The van der Waals surface area contributed by atoms with E-state index in [1.165, 1.54) is 24.4 Å². The molecule has 7 heteroatoms. The molecule has 7 nitrogen and oxygen atoms in total. The molecular formula is C9H11N3O4. The normalized spacial score (nSPS) is 11.3. The maximum atomic E-state index is 10.3. The quantitative estimate of drug-likeness (QED) is 0.322.